The van der Waals surface area contributed by atoms with E-state index in [2.05, 4.69) is 358 Å². The summed E-state index contributed by atoms with van der Waals surface area (Å²) in [6, 6.07) is 114. The van der Waals surface area contributed by atoms with E-state index in [1.54, 1.807) is 0 Å². The van der Waals surface area contributed by atoms with Crippen molar-refractivity contribution in [2.75, 3.05) is 9.80 Å². The minimum Gasteiger partial charge on any atom is -0.310 e. The van der Waals surface area contributed by atoms with Gasteiger partial charge in [-0.25, -0.2) is 0 Å². The van der Waals surface area contributed by atoms with Gasteiger partial charge in [0.1, 0.15) is 0 Å². The van der Waals surface area contributed by atoms with E-state index in [9.17, 15) is 0 Å². The Balaban J connectivity index is 1.12. The van der Waals surface area contributed by atoms with Crippen molar-refractivity contribution in [3.05, 3.63) is 309 Å². The maximum atomic E-state index is 2.67. The van der Waals surface area contributed by atoms with Gasteiger partial charge < -0.3 is 14.4 Å². The highest BCUT2D eigenvalue weighted by Gasteiger charge is 2.46. The van der Waals surface area contributed by atoms with E-state index in [4.69, 9.17) is 0 Å². The zero-order valence-corrected chi connectivity index (χ0v) is 52.8. The normalized spacial score (nSPS) is 12.7. The lowest BCUT2D eigenvalue weighted by Crippen LogP contribution is -2.61. The van der Waals surface area contributed by atoms with E-state index in [1.807, 2.05) is 0 Å². The Morgan fingerprint density at radius 2 is 0.678 bits per heavy atom. The molecule has 0 saturated heterocycles. The maximum Gasteiger partial charge on any atom is 0.252 e. The molecule has 3 nitrogen and oxygen atoms in total. The fourth-order valence-corrected chi connectivity index (χ4v) is 15.6. The monoisotopic (exact) mass is 1170 g/mol. The highest BCUT2D eigenvalue weighted by atomic mass is 28.3. The molecular weight excluding hydrogens is 1100 g/mol. The van der Waals surface area contributed by atoms with Crippen molar-refractivity contribution in [2.45, 2.75) is 45.8 Å². The first-order valence-electron chi connectivity index (χ1n) is 31.7. The van der Waals surface area contributed by atoms with Crippen molar-refractivity contribution >= 4 is 92.3 Å². The summed E-state index contributed by atoms with van der Waals surface area (Å²) >= 11 is 0. The van der Waals surface area contributed by atoms with Crippen LogP contribution in [0.3, 0.4) is 0 Å². The maximum absolute atomic E-state index is 2.67. The molecule has 0 fully saturated rings. The zero-order valence-electron chi connectivity index (χ0n) is 51.8. The Bertz CT molecular complexity index is 4640. The average Bonchev–Trinajstić information content (AvgIpc) is 0.809. The molecule has 14 aromatic rings. The summed E-state index contributed by atoms with van der Waals surface area (Å²) < 4.78 is 2.59. The molecule has 0 atom stereocenters. The number of benzene rings is 13. The van der Waals surface area contributed by atoms with Crippen molar-refractivity contribution < 1.29 is 0 Å². The number of rotatable bonds is 10. The summed E-state index contributed by atoms with van der Waals surface area (Å²) in [5.41, 5.74) is 29.2. The minimum atomic E-state index is -1.76. The quantitative estimate of drug-likeness (QED) is 0.126. The number of aromatic nitrogens is 1. The molecule has 5 heteroatoms. The van der Waals surface area contributed by atoms with Crippen LogP contribution in [0, 0.1) is 0 Å². The Morgan fingerprint density at radius 1 is 0.311 bits per heavy atom. The molecule has 0 aliphatic carbocycles. The van der Waals surface area contributed by atoms with Gasteiger partial charge in [-0.1, -0.05) is 306 Å². The number of nitrogens with zero attached hydrogens (tertiary/aromatic N) is 3. The van der Waals surface area contributed by atoms with Crippen LogP contribution in [0.1, 0.15) is 26.3 Å². The van der Waals surface area contributed by atoms with Crippen LogP contribution in [0.4, 0.5) is 34.1 Å². The second kappa shape index (κ2) is 21.7. The van der Waals surface area contributed by atoms with E-state index in [1.165, 1.54) is 71.2 Å². The van der Waals surface area contributed by atoms with Crippen LogP contribution < -0.4 is 31.4 Å². The summed E-state index contributed by atoms with van der Waals surface area (Å²) in [6.07, 6.45) is 0. The number of hydrogen-bond acceptors (Lipinski definition) is 2. The first-order chi connectivity index (χ1) is 43.9. The van der Waals surface area contributed by atoms with Crippen LogP contribution in [-0.2, 0) is 5.41 Å². The third-order valence-corrected chi connectivity index (χ3v) is 20.9. The fourth-order valence-electron chi connectivity index (χ4n) is 14.4. The Kier molecular flexibility index (Phi) is 13.2. The molecule has 3 heterocycles. The van der Waals surface area contributed by atoms with Crippen LogP contribution in [0.2, 0.25) is 19.6 Å². The van der Waals surface area contributed by atoms with Gasteiger partial charge in [-0.3, -0.25) is 0 Å². The molecule has 0 radical (unpaired) electrons. The Morgan fingerprint density at radius 3 is 1.06 bits per heavy atom. The van der Waals surface area contributed by atoms with Crippen LogP contribution >= 0.6 is 0 Å². The van der Waals surface area contributed by atoms with Gasteiger partial charge in [0.2, 0.25) is 0 Å². The molecule has 430 valence electrons. The van der Waals surface area contributed by atoms with Gasteiger partial charge in [0.05, 0.1) is 36.2 Å². The molecule has 2 aliphatic rings. The van der Waals surface area contributed by atoms with Gasteiger partial charge in [-0.05, 0) is 114 Å². The molecule has 0 spiro atoms. The fraction of sp³-hybridized carbons (Fsp3) is 0.0824. The molecule has 13 aromatic carbocycles. The van der Waals surface area contributed by atoms with Crippen molar-refractivity contribution in [3.63, 3.8) is 0 Å². The number of fused-ring (bicyclic) bond motifs is 7. The van der Waals surface area contributed by atoms with Gasteiger partial charge >= 0.3 is 0 Å². The smallest absolute Gasteiger partial charge is 0.252 e. The molecule has 0 unspecified atom stereocenters. The average molecular weight is 1170 g/mol. The topological polar surface area (TPSA) is 11.4 Å². The van der Waals surface area contributed by atoms with Gasteiger partial charge in [-0.2, -0.15) is 0 Å². The molecule has 90 heavy (non-hydrogen) atoms. The van der Waals surface area contributed by atoms with Crippen molar-refractivity contribution in [1.29, 1.82) is 0 Å². The Hall–Kier alpha value is -10.5. The third kappa shape index (κ3) is 9.26. The molecular formula is C85H68BN3Si. The lowest BCUT2D eigenvalue weighted by atomic mass is 9.33. The van der Waals surface area contributed by atoms with E-state index >= 15 is 0 Å². The molecule has 16 rings (SSSR count). The summed E-state index contributed by atoms with van der Waals surface area (Å²) in [5, 5.41) is 4.01. The second-order valence-electron chi connectivity index (χ2n) is 26.4. The predicted molar refractivity (Wildman–Crippen MR) is 389 cm³/mol. The molecule has 0 N–H and O–H groups in total. The first-order valence-corrected chi connectivity index (χ1v) is 35.2. The van der Waals surface area contributed by atoms with Crippen LogP contribution in [0.25, 0.3) is 94.3 Å². The summed E-state index contributed by atoms with van der Waals surface area (Å²) in [4.78, 5) is 5.35. The molecule has 0 amide bonds. The summed E-state index contributed by atoms with van der Waals surface area (Å²) in [5.74, 6) is 0. The van der Waals surface area contributed by atoms with E-state index in [0.29, 0.717) is 0 Å². The second-order valence-corrected chi connectivity index (χ2v) is 31.5. The van der Waals surface area contributed by atoms with Crippen molar-refractivity contribution in [1.82, 2.24) is 4.57 Å². The minimum absolute atomic E-state index is 0.0578. The number of para-hydroxylation sites is 2. The van der Waals surface area contributed by atoms with Gasteiger partial charge in [0.15, 0.2) is 0 Å². The molecule has 0 bridgehead atoms. The number of hydrogen-bond donors (Lipinski definition) is 0. The predicted octanol–water partition coefficient (Wildman–Crippen LogP) is 20.7. The highest BCUT2D eigenvalue weighted by molar-refractivity contribution is 7.00. The summed E-state index contributed by atoms with van der Waals surface area (Å²) in [6.45, 7) is 14.2. The standard InChI is InChI=1S/C85H68BN3Si/c1-85(2,3)65-45-49-76-72(53-65)73-56-67(90(4,5)6)46-50-77(73)87(76)66-54-80-82-81(55-66)89(84-70(61-35-21-11-22-36-61)41-26-42-71(84)62-37-23-12-24-38-62)79-48-44-64(58-29-15-8-16-30-58)52-75(79)86(82)74-51-63(57-27-13-7-14-28-57)43-47-78(74)88(80)83-68(59-31-17-9-18-32-59)39-25-40-69(83)60-33-19-10-20-34-60/h7-56H,1-6H3. The van der Waals surface area contributed by atoms with Crippen molar-refractivity contribution in [3.8, 4) is 72.4 Å². The van der Waals surface area contributed by atoms with Gasteiger partial charge in [-0.15, -0.1) is 0 Å². The Labute approximate surface area is 530 Å². The SMILES string of the molecule is CC(C)(C)c1ccc2c(c1)c1cc([Si](C)(C)C)ccc1n2-c1cc2c3c(c1)N(c1c(-c4ccccc4)cccc1-c1ccccc1)c1ccc(-c4ccccc4)cc1B3c1cc(-c3ccccc3)ccc1N2c1c(-c2ccccc2)cccc1-c1ccccc1. The van der Waals surface area contributed by atoms with Crippen LogP contribution in [-0.4, -0.2) is 19.4 Å². The van der Waals surface area contributed by atoms with Gasteiger partial charge in [0.25, 0.3) is 6.71 Å². The van der Waals surface area contributed by atoms with Crippen LogP contribution in [0.5, 0.6) is 0 Å². The molecule has 1 aromatic heterocycles. The first kappa shape index (κ1) is 54.9. The largest absolute Gasteiger partial charge is 0.310 e. The summed E-state index contributed by atoms with van der Waals surface area (Å²) in [7, 11) is -1.76. The third-order valence-electron chi connectivity index (χ3n) is 18.9. The zero-order chi connectivity index (χ0) is 60.8. The van der Waals surface area contributed by atoms with Crippen LogP contribution in [0.15, 0.2) is 303 Å². The number of anilines is 6. The van der Waals surface area contributed by atoms with Gasteiger partial charge in [0, 0.05) is 55.8 Å². The van der Waals surface area contributed by atoms with E-state index in [0.717, 1.165) is 84.3 Å². The van der Waals surface area contributed by atoms with Crippen molar-refractivity contribution in [2.24, 2.45) is 0 Å². The molecule has 0 saturated carbocycles. The lowest BCUT2D eigenvalue weighted by molar-refractivity contribution is 0.591. The van der Waals surface area contributed by atoms with E-state index < -0.39 is 8.07 Å². The molecule has 2 aliphatic heterocycles. The highest BCUT2D eigenvalue weighted by Crippen LogP contribution is 2.54. The van der Waals surface area contributed by atoms with E-state index in [-0.39, 0.29) is 12.1 Å². The lowest BCUT2D eigenvalue weighted by Gasteiger charge is -2.46.